The van der Waals surface area contributed by atoms with Crippen LogP contribution in [0.15, 0.2) is 53.4 Å². The minimum absolute atomic E-state index is 0.283. The van der Waals surface area contributed by atoms with E-state index in [9.17, 15) is 8.42 Å². The van der Waals surface area contributed by atoms with Crippen molar-refractivity contribution < 1.29 is 8.42 Å². The Morgan fingerprint density at radius 3 is 2.21 bits per heavy atom. The highest BCUT2D eigenvalue weighted by atomic mass is 32.2. The molecule has 0 aliphatic carbocycles. The van der Waals surface area contributed by atoms with Crippen molar-refractivity contribution in [2.75, 3.05) is 6.54 Å². The Labute approximate surface area is 174 Å². The van der Waals surface area contributed by atoms with Crippen molar-refractivity contribution in [1.82, 2.24) is 19.3 Å². The summed E-state index contributed by atoms with van der Waals surface area (Å²) in [5.41, 5.74) is 4.20. The zero-order chi connectivity index (χ0) is 20.6. The van der Waals surface area contributed by atoms with Crippen molar-refractivity contribution in [1.29, 1.82) is 0 Å². The van der Waals surface area contributed by atoms with E-state index in [4.69, 9.17) is 0 Å². The minimum Gasteiger partial charge on any atom is -0.211 e. The average Bonchev–Trinajstić information content (AvgIpc) is 3.22. The van der Waals surface area contributed by atoms with Crippen LogP contribution < -0.4 is 4.72 Å². The highest BCUT2D eigenvalue weighted by molar-refractivity contribution is 7.89. The summed E-state index contributed by atoms with van der Waals surface area (Å²) in [6.07, 6.45) is 0.590. The van der Waals surface area contributed by atoms with E-state index < -0.39 is 10.0 Å². The summed E-state index contributed by atoms with van der Waals surface area (Å²) in [4.78, 5) is 6.81. The molecule has 150 valence electrons. The van der Waals surface area contributed by atoms with Gasteiger partial charge in [0, 0.05) is 17.0 Å². The zero-order valence-corrected chi connectivity index (χ0v) is 18.1. The van der Waals surface area contributed by atoms with Crippen LogP contribution in [0.3, 0.4) is 0 Å². The molecular weight excluding hydrogens is 404 g/mol. The van der Waals surface area contributed by atoms with Gasteiger partial charge in [0.25, 0.3) is 0 Å². The molecule has 0 atom stereocenters. The Hall–Kier alpha value is -2.55. The molecule has 0 amide bonds. The van der Waals surface area contributed by atoms with Gasteiger partial charge in [0.15, 0.2) is 5.82 Å². The van der Waals surface area contributed by atoms with Crippen molar-refractivity contribution in [3.05, 3.63) is 70.2 Å². The third-order valence-corrected chi connectivity index (χ3v) is 7.47. The molecule has 0 aliphatic heterocycles. The van der Waals surface area contributed by atoms with E-state index in [0.717, 1.165) is 26.7 Å². The highest BCUT2D eigenvalue weighted by Crippen LogP contribution is 2.25. The number of nitrogens with one attached hydrogen (secondary N) is 1. The summed E-state index contributed by atoms with van der Waals surface area (Å²) in [7, 11) is -3.51. The average molecular weight is 427 g/mol. The molecule has 2 aromatic carbocycles. The number of sulfonamides is 1. The lowest BCUT2D eigenvalue weighted by Gasteiger charge is -2.06. The van der Waals surface area contributed by atoms with Gasteiger partial charge in [-0.25, -0.2) is 17.7 Å². The number of thiazole rings is 1. The van der Waals surface area contributed by atoms with E-state index in [1.165, 1.54) is 5.56 Å². The van der Waals surface area contributed by atoms with Gasteiger partial charge in [-0.2, -0.15) is 4.98 Å². The molecule has 0 aliphatic rings. The number of hydrogen-bond donors (Lipinski definition) is 1. The van der Waals surface area contributed by atoms with Gasteiger partial charge < -0.3 is 0 Å². The fourth-order valence-electron chi connectivity index (χ4n) is 3.04. The summed E-state index contributed by atoms with van der Waals surface area (Å²) in [5.74, 6) is 0.700. The largest absolute Gasteiger partial charge is 0.240 e. The Kier molecular flexibility index (Phi) is 5.24. The van der Waals surface area contributed by atoms with Crippen molar-refractivity contribution in [2.24, 2.45) is 0 Å². The number of hydrogen-bond acceptors (Lipinski definition) is 5. The summed E-state index contributed by atoms with van der Waals surface area (Å²) in [6.45, 7) is 6.29. The molecule has 0 spiro atoms. The number of fused-ring (bicyclic) bond motifs is 1. The summed E-state index contributed by atoms with van der Waals surface area (Å²) in [5, 5.41) is 4.62. The molecule has 29 heavy (non-hydrogen) atoms. The van der Waals surface area contributed by atoms with E-state index in [1.807, 2.05) is 49.6 Å². The van der Waals surface area contributed by atoms with Crippen LogP contribution in [0.25, 0.3) is 16.3 Å². The molecule has 4 aromatic rings. The van der Waals surface area contributed by atoms with Crippen LogP contribution in [-0.2, 0) is 16.4 Å². The van der Waals surface area contributed by atoms with Crippen LogP contribution in [-0.4, -0.2) is 29.6 Å². The van der Waals surface area contributed by atoms with Gasteiger partial charge in [0.1, 0.15) is 0 Å². The van der Waals surface area contributed by atoms with Gasteiger partial charge in [-0.15, -0.1) is 5.10 Å². The lowest BCUT2D eigenvalue weighted by atomic mass is 10.1. The molecule has 6 nitrogen and oxygen atoms in total. The van der Waals surface area contributed by atoms with Crippen LogP contribution >= 0.6 is 11.3 Å². The zero-order valence-electron chi connectivity index (χ0n) is 16.5. The van der Waals surface area contributed by atoms with Gasteiger partial charge in [0.05, 0.1) is 10.6 Å². The van der Waals surface area contributed by atoms with Crippen LogP contribution in [0, 0.1) is 20.8 Å². The van der Waals surface area contributed by atoms with E-state index in [-0.39, 0.29) is 4.90 Å². The normalized spacial score (nSPS) is 12.0. The number of rotatable bonds is 6. The molecule has 0 saturated heterocycles. The smallest absolute Gasteiger partial charge is 0.211 e. The predicted octanol–water partition coefficient (Wildman–Crippen LogP) is 3.90. The van der Waals surface area contributed by atoms with E-state index in [1.54, 1.807) is 35.6 Å². The first-order chi connectivity index (χ1) is 13.8. The second-order valence-corrected chi connectivity index (χ2v) is 9.90. The summed E-state index contributed by atoms with van der Waals surface area (Å²) < 4.78 is 29.4. The predicted molar refractivity (Wildman–Crippen MR) is 116 cm³/mol. The van der Waals surface area contributed by atoms with Gasteiger partial charge in [-0.3, -0.25) is 0 Å². The lowest BCUT2D eigenvalue weighted by molar-refractivity contribution is 0.581. The van der Waals surface area contributed by atoms with E-state index >= 15 is 0 Å². The standard InChI is InChI=1S/C21H22N4O2S2/c1-14-4-8-17(9-5-14)20-23-21-25(24-20)16(3)19(28-21)12-13-22-29(26,27)18-10-6-15(2)7-11-18/h4-11,22H,12-13H2,1-3H3. The molecule has 0 fully saturated rings. The molecule has 2 heterocycles. The number of nitrogens with zero attached hydrogens (tertiary/aromatic N) is 3. The second kappa shape index (κ2) is 7.70. The third kappa shape index (κ3) is 4.10. The van der Waals surface area contributed by atoms with Crippen molar-refractivity contribution in [2.45, 2.75) is 32.1 Å². The van der Waals surface area contributed by atoms with Crippen molar-refractivity contribution in [3.63, 3.8) is 0 Å². The Morgan fingerprint density at radius 1 is 0.966 bits per heavy atom. The Balaban J connectivity index is 1.47. The first-order valence-corrected chi connectivity index (χ1v) is 11.6. The number of aryl methyl sites for hydroxylation is 3. The van der Waals surface area contributed by atoms with E-state index in [2.05, 4.69) is 14.8 Å². The monoisotopic (exact) mass is 426 g/mol. The maximum absolute atomic E-state index is 12.4. The van der Waals surface area contributed by atoms with Gasteiger partial charge in [-0.1, -0.05) is 58.9 Å². The highest BCUT2D eigenvalue weighted by Gasteiger charge is 2.16. The molecule has 0 saturated carbocycles. The second-order valence-electron chi connectivity index (χ2n) is 7.07. The van der Waals surface area contributed by atoms with Gasteiger partial charge >= 0.3 is 0 Å². The fraction of sp³-hybridized carbons (Fsp3) is 0.238. The summed E-state index contributed by atoms with van der Waals surface area (Å²) in [6, 6.07) is 15.0. The lowest BCUT2D eigenvalue weighted by Crippen LogP contribution is -2.26. The topological polar surface area (TPSA) is 76.4 Å². The van der Waals surface area contributed by atoms with E-state index in [0.29, 0.717) is 18.8 Å². The maximum Gasteiger partial charge on any atom is 0.240 e. The minimum atomic E-state index is -3.51. The maximum atomic E-state index is 12.4. The number of benzene rings is 2. The molecule has 2 aromatic heterocycles. The van der Waals surface area contributed by atoms with Gasteiger partial charge in [-0.05, 0) is 39.3 Å². The molecule has 8 heteroatoms. The van der Waals surface area contributed by atoms with Crippen LogP contribution in [0.4, 0.5) is 0 Å². The van der Waals surface area contributed by atoms with Crippen molar-refractivity contribution >= 4 is 26.3 Å². The van der Waals surface area contributed by atoms with Crippen LogP contribution in [0.5, 0.6) is 0 Å². The molecule has 4 rings (SSSR count). The molecule has 0 radical (unpaired) electrons. The number of aromatic nitrogens is 3. The van der Waals surface area contributed by atoms with Crippen LogP contribution in [0.2, 0.25) is 0 Å². The molecule has 1 N–H and O–H groups in total. The Bertz CT molecular complexity index is 1250. The first-order valence-electron chi connectivity index (χ1n) is 9.32. The molecular formula is C21H22N4O2S2. The Morgan fingerprint density at radius 2 is 1.59 bits per heavy atom. The van der Waals surface area contributed by atoms with Crippen LogP contribution in [0.1, 0.15) is 21.7 Å². The molecule has 0 bridgehead atoms. The quantitative estimate of drug-likeness (QED) is 0.507. The SMILES string of the molecule is Cc1ccc(-c2nc3sc(CCNS(=O)(=O)c4ccc(C)cc4)c(C)n3n2)cc1. The fourth-order valence-corrected chi connectivity index (χ4v) is 5.13. The van der Waals surface area contributed by atoms with Crippen molar-refractivity contribution in [3.8, 4) is 11.4 Å². The molecule has 0 unspecified atom stereocenters. The van der Waals surface area contributed by atoms with Gasteiger partial charge in [0.2, 0.25) is 15.0 Å². The summed E-state index contributed by atoms with van der Waals surface area (Å²) >= 11 is 1.55. The first kappa shape index (κ1) is 19.8. The third-order valence-electron chi connectivity index (χ3n) is 4.80.